The van der Waals surface area contributed by atoms with Crippen molar-refractivity contribution in [2.75, 3.05) is 12.8 Å². The fourth-order valence-corrected chi connectivity index (χ4v) is 3.49. The van der Waals surface area contributed by atoms with Gasteiger partial charge in [0.05, 0.1) is 11.0 Å². The Morgan fingerprint density at radius 3 is 2.46 bits per heavy atom. The van der Waals surface area contributed by atoms with Gasteiger partial charge >= 0.3 is 0 Å². The van der Waals surface area contributed by atoms with Crippen LogP contribution in [0.1, 0.15) is 11.1 Å². The molecule has 0 atom stereocenters. The van der Waals surface area contributed by atoms with Gasteiger partial charge in [0.1, 0.15) is 12.4 Å². The summed E-state index contributed by atoms with van der Waals surface area (Å²) in [7, 11) is 0. The van der Waals surface area contributed by atoms with Crippen molar-refractivity contribution in [3.05, 3.63) is 88.2 Å². The Bertz CT molecular complexity index is 725. The van der Waals surface area contributed by atoms with E-state index in [2.05, 4.69) is 69.7 Å². The highest BCUT2D eigenvalue weighted by Crippen LogP contribution is 2.24. The number of hydrogen-bond acceptors (Lipinski definition) is 3. The summed E-state index contributed by atoms with van der Waals surface area (Å²) in [5.41, 5.74) is 2.49. The average molecular weight is 402 g/mol. The van der Waals surface area contributed by atoms with Gasteiger partial charge in [-0.05, 0) is 51.5 Å². The van der Waals surface area contributed by atoms with E-state index in [0.29, 0.717) is 6.61 Å². The molecule has 0 spiro atoms. The van der Waals surface area contributed by atoms with Crippen molar-refractivity contribution in [3.8, 4) is 0 Å². The molecule has 0 unspecified atom stereocenters. The van der Waals surface area contributed by atoms with Crippen LogP contribution in [-0.2, 0) is 17.9 Å². The Labute approximate surface area is 156 Å². The lowest BCUT2D eigenvalue weighted by Gasteiger charge is -2.25. The summed E-state index contributed by atoms with van der Waals surface area (Å²) in [5.74, 6) is 0.910. The Morgan fingerprint density at radius 2 is 1.79 bits per heavy atom. The minimum atomic E-state index is 0.589. The van der Waals surface area contributed by atoms with E-state index in [9.17, 15) is 0 Å². The molecule has 4 heteroatoms. The Hall–Kier alpha value is -1.65. The highest BCUT2D eigenvalue weighted by Gasteiger charge is 2.13. The van der Waals surface area contributed by atoms with Crippen LogP contribution in [-0.4, -0.2) is 17.7 Å². The van der Waals surface area contributed by atoms with Gasteiger partial charge in [0, 0.05) is 17.6 Å². The molecule has 0 fully saturated rings. The Morgan fingerprint density at radius 1 is 1.04 bits per heavy atom. The number of thioether (sulfide) groups is 1. The number of hydrogen-bond donors (Lipinski definition) is 0. The molecule has 2 aromatic carbocycles. The maximum Gasteiger partial charge on any atom is 0.133 e. The molecule has 1 heterocycles. The van der Waals surface area contributed by atoms with Crippen LogP contribution < -0.4 is 0 Å². The molecular weight excluding hydrogens is 382 g/mol. The first kappa shape index (κ1) is 17.2. The molecule has 2 nitrogen and oxygen atoms in total. The van der Waals surface area contributed by atoms with Crippen LogP contribution in [0.15, 0.2) is 82.0 Å². The molecule has 1 aliphatic rings. The third kappa shape index (κ3) is 4.68. The summed E-state index contributed by atoms with van der Waals surface area (Å²) in [6.45, 7) is 2.31. The molecule has 0 aliphatic carbocycles. The zero-order valence-electron chi connectivity index (χ0n) is 13.6. The number of rotatable bonds is 6. The van der Waals surface area contributed by atoms with E-state index in [0.717, 1.165) is 23.3 Å². The molecular formula is C20H20BrNOS. The molecule has 1 aliphatic heterocycles. The zero-order chi connectivity index (χ0) is 16.8. The predicted octanol–water partition coefficient (Wildman–Crippen LogP) is 5.56. The lowest BCUT2D eigenvalue weighted by atomic mass is 10.2. The van der Waals surface area contributed by atoms with Crippen LogP contribution in [0.25, 0.3) is 0 Å². The molecule has 0 bridgehead atoms. The molecule has 2 aromatic rings. The van der Waals surface area contributed by atoms with Crippen LogP contribution in [0.4, 0.5) is 0 Å². The highest BCUT2D eigenvalue weighted by molar-refractivity contribution is 9.11. The van der Waals surface area contributed by atoms with Gasteiger partial charge in [-0.15, -0.1) is 11.8 Å². The minimum absolute atomic E-state index is 0.589. The van der Waals surface area contributed by atoms with Crippen LogP contribution in [0.5, 0.6) is 0 Å². The summed E-state index contributed by atoms with van der Waals surface area (Å²) in [6, 6.07) is 19.0. The fraction of sp³-hybridized carbons (Fsp3) is 0.200. The quantitative estimate of drug-likeness (QED) is 0.587. The summed E-state index contributed by atoms with van der Waals surface area (Å²) >= 11 is 5.43. The van der Waals surface area contributed by atoms with Crippen LogP contribution in [0, 0.1) is 0 Å². The second-order valence-corrected chi connectivity index (χ2v) is 7.45. The largest absolute Gasteiger partial charge is 0.488 e. The third-order valence-corrected chi connectivity index (χ3v) is 5.21. The molecule has 24 heavy (non-hydrogen) atoms. The van der Waals surface area contributed by atoms with Crippen LogP contribution in [0.3, 0.4) is 0 Å². The molecule has 124 valence electrons. The number of nitrogens with zero attached hydrogens (tertiary/aromatic N) is 1. The van der Waals surface area contributed by atoms with Crippen molar-refractivity contribution >= 4 is 27.7 Å². The molecule has 0 aromatic heterocycles. The topological polar surface area (TPSA) is 12.5 Å². The van der Waals surface area contributed by atoms with E-state index in [1.165, 1.54) is 16.0 Å². The standard InChI is InChI=1S/C20H20BrNOS/c1-24-18-9-7-16(8-10-18)13-22-12-11-20(19(21)14-22)23-15-17-5-3-2-4-6-17/h2-12H,13-15H2,1H3. The van der Waals surface area contributed by atoms with Crippen molar-refractivity contribution in [2.24, 2.45) is 0 Å². The highest BCUT2D eigenvalue weighted by atomic mass is 79.9. The van der Waals surface area contributed by atoms with Crippen LogP contribution >= 0.6 is 27.7 Å². The van der Waals surface area contributed by atoms with Gasteiger partial charge in [-0.25, -0.2) is 0 Å². The van der Waals surface area contributed by atoms with Gasteiger partial charge in [-0.3, -0.25) is 0 Å². The third-order valence-electron chi connectivity index (χ3n) is 3.83. The predicted molar refractivity (Wildman–Crippen MR) is 105 cm³/mol. The summed E-state index contributed by atoms with van der Waals surface area (Å²) in [5, 5.41) is 0. The summed E-state index contributed by atoms with van der Waals surface area (Å²) in [4.78, 5) is 3.57. The zero-order valence-corrected chi connectivity index (χ0v) is 16.0. The lowest BCUT2D eigenvalue weighted by molar-refractivity contribution is 0.203. The maximum atomic E-state index is 5.93. The van der Waals surface area contributed by atoms with Gasteiger partial charge in [-0.2, -0.15) is 0 Å². The normalized spacial score (nSPS) is 14.2. The van der Waals surface area contributed by atoms with Gasteiger partial charge in [0.15, 0.2) is 0 Å². The first-order valence-corrected chi connectivity index (χ1v) is 9.87. The van der Waals surface area contributed by atoms with Crippen molar-refractivity contribution in [3.63, 3.8) is 0 Å². The van der Waals surface area contributed by atoms with E-state index < -0.39 is 0 Å². The molecule has 0 amide bonds. The minimum Gasteiger partial charge on any atom is -0.488 e. The van der Waals surface area contributed by atoms with Gasteiger partial charge in [-0.1, -0.05) is 42.5 Å². The summed E-state index contributed by atoms with van der Waals surface area (Å²) in [6.07, 6.45) is 6.24. The Kier molecular flexibility index (Phi) is 6.05. The second-order valence-electron chi connectivity index (χ2n) is 5.61. The van der Waals surface area contributed by atoms with Gasteiger partial charge in [0.2, 0.25) is 0 Å². The number of benzene rings is 2. The molecule has 0 saturated carbocycles. The molecule has 0 N–H and O–H groups in total. The van der Waals surface area contributed by atoms with Crippen molar-refractivity contribution < 1.29 is 4.74 Å². The SMILES string of the molecule is CSc1ccc(CN2C=CC(OCc3ccccc3)=C(Br)C2)cc1. The van der Waals surface area contributed by atoms with Gasteiger partial charge in [0.25, 0.3) is 0 Å². The monoisotopic (exact) mass is 401 g/mol. The lowest BCUT2D eigenvalue weighted by Crippen LogP contribution is -2.22. The van der Waals surface area contributed by atoms with Gasteiger partial charge < -0.3 is 9.64 Å². The van der Waals surface area contributed by atoms with E-state index in [4.69, 9.17) is 4.74 Å². The fourth-order valence-electron chi connectivity index (χ4n) is 2.51. The van der Waals surface area contributed by atoms with Crippen molar-refractivity contribution in [2.45, 2.75) is 18.0 Å². The maximum absolute atomic E-state index is 5.93. The smallest absolute Gasteiger partial charge is 0.133 e. The number of ether oxygens (including phenoxy) is 1. The van der Waals surface area contributed by atoms with E-state index in [-0.39, 0.29) is 0 Å². The van der Waals surface area contributed by atoms with Crippen molar-refractivity contribution in [1.29, 1.82) is 0 Å². The average Bonchev–Trinajstić information content (AvgIpc) is 2.62. The van der Waals surface area contributed by atoms with E-state index >= 15 is 0 Å². The van der Waals surface area contributed by atoms with Crippen molar-refractivity contribution in [1.82, 2.24) is 4.90 Å². The molecule has 0 saturated heterocycles. The first-order chi connectivity index (χ1) is 11.7. The Balaban J connectivity index is 1.56. The van der Waals surface area contributed by atoms with E-state index in [1.54, 1.807) is 11.8 Å². The van der Waals surface area contributed by atoms with Crippen LogP contribution in [0.2, 0.25) is 0 Å². The first-order valence-electron chi connectivity index (χ1n) is 7.85. The van der Waals surface area contributed by atoms with E-state index in [1.807, 2.05) is 24.3 Å². The summed E-state index contributed by atoms with van der Waals surface area (Å²) < 4.78 is 7.01. The number of halogens is 1. The molecule has 3 rings (SSSR count). The number of allylic oxidation sites excluding steroid dienone is 1. The second kappa shape index (κ2) is 8.45. The molecule has 0 radical (unpaired) electrons.